The van der Waals surface area contributed by atoms with Crippen molar-refractivity contribution in [2.24, 2.45) is 5.73 Å². The lowest BCUT2D eigenvalue weighted by atomic mass is 9.90. The number of rotatable bonds is 4. The Morgan fingerprint density at radius 2 is 1.94 bits per heavy atom. The fourth-order valence-corrected chi connectivity index (χ4v) is 2.98. The summed E-state index contributed by atoms with van der Waals surface area (Å²) in [6.45, 7) is 4.15. The van der Waals surface area contributed by atoms with Gasteiger partial charge in [-0.25, -0.2) is 0 Å². The van der Waals surface area contributed by atoms with Gasteiger partial charge in [-0.15, -0.1) is 0 Å². The molecule has 0 aliphatic heterocycles. The molecule has 1 aromatic carbocycles. The lowest BCUT2D eigenvalue weighted by Gasteiger charge is -2.21. The third-order valence-corrected chi connectivity index (χ3v) is 3.75. The number of methoxy groups -OCH3 is 1. The summed E-state index contributed by atoms with van der Waals surface area (Å²) in [6, 6.07) is 6.56. The maximum absolute atomic E-state index is 6.11. The molecule has 1 aliphatic rings. The molecule has 0 spiro atoms. The average Bonchev–Trinajstić information content (AvgIpc) is 2.80. The monoisotopic (exact) mass is 247 g/mol. The molecule has 2 N–H and O–H groups in total. The highest BCUT2D eigenvalue weighted by molar-refractivity contribution is 5.40. The van der Waals surface area contributed by atoms with Crippen LogP contribution in [0.2, 0.25) is 0 Å². The minimum absolute atomic E-state index is 0.151. The van der Waals surface area contributed by atoms with Crippen LogP contribution in [0.3, 0.4) is 0 Å². The molecule has 0 atom stereocenters. The lowest BCUT2D eigenvalue weighted by molar-refractivity contribution is 0.405. The predicted molar refractivity (Wildman–Crippen MR) is 76.2 cm³/mol. The molecule has 0 bridgehead atoms. The van der Waals surface area contributed by atoms with Gasteiger partial charge in [-0.1, -0.05) is 25.0 Å². The Bertz CT molecular complexity index is 400. The Morgan fingerprint density at radius 3 is 2.50 bits per heavy atom. The number of nitrogens with two attached hydrogens (primary N) is 1. The molecule has 100 valence electrons. The van der Waals surface area contributed by atoms with Gasteiger partial charge in [0.15, 0.2) is 0 Å². The van der Waals surface area contributed by atoms with Crippen molar-refractivity contribution in [3.63, 3.8) is 0 Å². The van der Waals surface area contributed by atoms with Crippen LogP contribution in [0.5, 0.6) is 5.75 Å². The van der Waals surface area contributed by atoms with Crippen molar-refractivity contribution in [2.45, 2.75) is 57.4 Å². The second-order valence-corrected chi connectivity index (χ2v) is 6.22. The first kappa shape index (κ1) is 13.4. The van der Waals surface area contributed by atoms with E-state index < -0.39 is 0 Å². The van der Waals surface area contributed by atoms with E-state index in [0.717, 1.165) is 12.2 Å². The van der Waals surface area contributed by atoms with Gasteiger partial charge in [0.25, 0.3) is 0 Å². The fraction of sp³-hybridized carbons (Fsp3) is 0.625. The van der Waals surface area contributed by atoms with E-state index in [1.54, 1.807) is 7.11 Å². The predicted octanol–water partition coefficient (Wildman–Crippen LogP) is 3.63. The van der Waals surface area contributed by atoms with Crippen molar-refractivity contribution < 1.29 is 4.74 Å². The van der Waals surface area contributed by atoms with E-state index in [1.165, 1.54) is 36.8 Å². The third kappa shape index (κ3) is 3.26. The van der Waals surface area contributed by atoms with Gasteiger partial charge in [-0.05, 0) is 56.2 Å². The molecule has 0 saturated heterocycles. The molecule has 18 heavy (non-hydrogen) atoms. The van der Waals surface area contributed by atoms with Crippen LogP contribution in [0.4, 0.5) is 0 Å². The number of ether oxygens (including phenoxy) is 1. The topological polar surface area (TPSA) is 35.2 Å². The first-order valence-corrected chi connectivity index (χ1v) is 6.95. The van der Waals surface area contributed by atoms with E-state index >= 15 is 0 Å². The van der Waals surface area contributed by atoms with E-state index in [-0.39, 0.29) is 5.54 Å². The Labute approximate surface area is 111 Å². The normalized spacial score (nSPS) is 17.1. The largest absolute Gasteiger partial charge is 0.496 e. The molecule has 1 fully saturated rings. The lowest BCUT2D eigenvalue weighted by Crippen LogP contribution is -2.34. The van der Waals surface area contributed by atoms with Gasteiger partial charge in [0.2, 0.25) is 0 Å². The van der Waals surface area contributed by atoms with Gasteiger partial charge < -0.3 is 10.5 Å². The Morgan fingerprint density at radius 1 is 1.28 bits per heavy atom. The highest BCUT2D eigenvalue weighted by atomic mass is 16.5. The van der Waals surface area contributed by atoms with Crippen LogP contribution in [0.15, 0.2) is 18.2 Å². The van der Waals surface area contributed by atoms with E-state index in [0.29, 0.717) is 5.92 Å². The van der Waals surface area contributed by atoms with Crippen LogP contribution in [-0.4, -0.2) is 12.6 Å². The molecule has 2 nitrogen and oxygen atoms in total. The summed E-state index contributed by atoms with van der Waals surface area (Å²) in [7, 11) is 1.76. The molecule has 0 heterocycles. The summed E-state index contributed by atoms with van der Waals surface area (Å²) in [5.74, 6) is 1.72. The number of benzene rings is 1. The van der Waals surface area contributed by atoms with E-state index in [1.807, 2.05) is 0 Å². The van der Waals surface area contributed by atoms with Gasteiger partial charge in [0.05, 0.1) is 7.11 Å². The highest BCUT2D eigenvalue weighted by Gasteiger charge is 2.21. The van der Waals surface area contributed by atoms with Gasteiger partial charge >= 0.3 is 0 Å². The summed E-state index contributed by atoms with van der Waals surface area (Å²) >= 11 is 0. The molecule has 1 aliphatic carbocycles. The van der Waals surface area contributed by atoms with Crippen molar-refractivity contribution >= 4 is 0 Å². The Hall–Kier alpha value is -1.02. The number of hydrogen-bond acceptors (Lipinski definition) is 2. The van der Waals surface area contributed by atoms with Crippen LogP contribution in [0.25, 0.3) is 0 Å². The summed E-state index contributed by atoms with van der Waals surface area (Å²) in [4.78, 5) is 0. The zero-order chi connectivity index (χ0) is 13.2. The molecule has 0 amide bonds. The molecular formula is C16H25NO. The van der Waals surface area contributed by atoms with Gasteiger partial charge in [-0.2, -0.15) is 0 Å². The first-order chi connectivity index (χ1) is 8.49. The van der Waals surface area contributed by atoms with E-state index in [2.05, 4.69) is 32.0 Å². The molecule has 0 aromatic heterocycles. The first-order valence-electron chi connectivity index (χ1n) is 6.95. The summed E-state index contributed by atoms with van der Waals surface area (Å²) in [6.07, 6.45) is 6.20. The van der Waals surface area contributed by atoms with Crippen LogP contribution >= 0.6 is 0 Å². The zero-order valence-electron chi connectivity index (χ0n) is 11.8. The van der Waals surface area contributed by atoms with Crippen molar-refractivity contribution in [1.82, 2.24) is 0 Å². The quantitative estimate of drug-likeness (QED) is 0.881. The Balaban J connectivity index is 2.27. The number of hydrogen-bond donors (Lipinski definition) is 1. The summed E-state index contributed by atoms with van der Waals surface area (Å²) < 4.78 is 5.51. The van der Waals surface area contributed by atoms with Gasteiger partial charge in [0, 0.05) is 5.54 Å². The maximum atomic E-state index is 6.11. The molecule has 1 aromatic rings. The Kier molecular flexibility index (Phi) is 3.96. The summed E-state index contributed by atoms with van der Waals surface area (Å²) in [5, 5.41) is 0. The third-order valence-electron chi connectivity index (χ3n) is 3.75. The van der Waals surface area contributed by atoms with Crippen LogP contribution in [0, 0.1) is 0 Å². The van der Waals surface area contributed by atoms with Crippen molar-refractivity contribution in [2.75, 3.05) is 7.11 Å². The molecule has 2 heteroatoms. The highest BCUT2D eigenvalue weighted by Crippen LogP contribution is 2.39. The molecular weight excluding hydrogens is 222 g/mol. The van der Waals surface area contributed by atoms with Crippen molar-refractivity contribution in [3.8, 4) is 5.75 Å². The SMILES string of the molecule is COc1ccc(CC(C)(C)N)cc1C1CCCC1. The van der Waals surface area contributed by atoms with Crippen LogP contribution in [0.1, 0.15) is 56.6 Å². The standard InChI is InChI=1S/C16H25NO/c1-16(2,17)11-12-8-9-15(18-3)14(10-12)13-6-4-5-7-13/h8-10,13H,4-7,11,17H2,1-3H3. The van der Waals surface area contributed by atoms with Crippen LogP contribution in [-0.2, 0) is 6.42 Å². The molecule has 0 unspecified atom stereocenters. The second-order valence-electron chi connectivity index (χ2n) is 6.22. The van der Waals surface area contributed by atoms with Gasteiger partial charge in [-0.3, -0.25) is 0 Å². The molecule has 2 rings (SSSR count). The van der Waals surface area contributed by atoms with Crippen molar-refractivity contribution in [3.05, 3.63) is 29.3 Å². The van der Waals surface area contributed by atoms with E-state index in [9.17, 15) is 0 Å². The van der Waals surface area contributed by atoms with Crippen LogP contribution < -0.4 is 10.5 Å². The maximum Gasteiger partial charge on any atom is 0.122 e. The molecule has 0 radical (unpaired) electrons. The summed E-state index contributed by atoms with van der Waals surface area (Å²) in [5.41, 5.74) is 8.67. The average molecular weight is 247 g/mol. The van der Waals surface area contributed by atoms with Crippen molar-refractivity contribution in [1.29, 1.82) is 0 Å². The second kappa shape index (κ2) is 5.31. The molecule has 1 saturated carbocycles. The van der Waals surface area contributed by atoms with Gasteiger partial charge in [0.1, 0.15) is 5.75 Å². The van der Waals surface area contributed by atoms with E-state index in [4.69, 9.17) is 10.5 Å². The minimum Gasteiger partial charge on any atom is -0.496 e. The smallest absolute Gasteiger partial charge is 0.122 e. The fourth-order valence-electron chi connectivity index (χ4n) is 2.98. The minimum atomic E-state index is -0.151. The zero-order valence-corrected chi connectivity index (χ0v) is 11.8.